The summed E-state index contributed by atoms with van der Waals surface area (Å²) in [5.41, 5.74) is 0.542. The van der Waals surface area contributed by atoms with Crippen LogP contribution in [0.1, 0.15) is 26.7 Å². The van der Waals surface area contributed by atoms with Crippen LogP contribution in [0, 0.1) is 5.82 Å². The van der Waals surface area contributed by atoms with Crippen LogP contribution in [-0.4, -0.2) is 16.5 Å². The highest BCUT2D eigenvalue weighted by atomic mass is 32.2. The number of hydrogen-bond donors (Lipinski definition) is 1. The summed E-state index contributed by atoms with van der Waals surface area (Å²) in [6, 6.07) is 6.69. The molecule has 0 fully saturated rings. The molecule has 1 N–H and O–H groups in total. The van der Waals surface area contributed by atoms with Crippen molar-refractivity contribution >= 4 is 22.6 Å². The number of amidine groups is 1. The van der Waals surface area contributed by atoms with E-state index in [2.05, 4.69) is 19.2 Å². The number of aliphatic imine (C=N–C) groups is 1. The van der Waals surface area contributed by atoms with Crippen molar-refractivity contribution in [2.24, 2.45) is 4.99 Å². The van der Waals surface area contributed by atoms with Gasteiger partial charge in [0, 0.05) is 5.75 Å². The molecule has 0 aromatic heterocycles. The van der Waals surface area contributed by atoms with Gasteiger partial charge in [-0.05, 0) is 25.0 Å². The van der Waals surface area contributed by atoms with E-state index in [-0.39, 0.29) is 11.4 Å². The Kier molecular flexibility index (Phi) is 3.72. The Hall–Kier alpha value is -1.03. The molecule has 1 aliphatic heterocycles. The first-order valence-corrected chi connectivity index (χ1v) is 6.92. The van der Waals surface area contributed by atoms with Crippen molar-refractivity contribution in [3.8, 4) is 0 Å². The van der Waals surface area contributed by atoms with Gasteiger partial charge in [0.2, 0.25) is 0 Å². The molecule has 0 spiro atoms. The average molecular weight is 252 g/mol. The van der Waals surface area contributed by atoms with Crippen LogP contribution in [0.2, 0.25) is 0 Å². The van der Waals surface area contributed by atoms with Gasteiger partial charge >= 0.3 is 0 Å². The summed E-state index contributed by atoms with van der Waals surface area (Å²) >= 11 is 1.67. The molecule has 1 heterocycles. The topological polar surface area (TPSA) is 24.4 Å². The fraction of sp³-hybridized carbons (Fsp3) is 0.462. The molecular weight excluding hydrogens is 235 g/mol. The monoisotopic (exact) mass is 252 g/mol. The zero-order valence-corrected chi connectivity index (χ0v) is 11.0. The summed E-state index contributed by atoms with van der Waals surface area (Å²) in [7, 11) is 0. The number of rotatable bonds is 3. The number of para-hydroxylation sites is 1. The maximum Gasteiger partial charge on any atom is 0.161 e. The van der Waals surface area contributed by atoms with E-state index < -0.39 is 0 Å². The van der Waals surface area contributed by atoms with Crippen molar-refractivity contribution in [3.63, 3.8) is 0 Å². The van der Waals surface area contributed by atoms with E-state index in [1.165, 1.54) is 6.07 Å². The molecule has 0 unspecified atom stereocenters. The molecule has 0 aliphatic carbocycles. The SMILES string of the molecule is CCC1(CC)CSC(Nc2ccccc2F)=N1. The number of nitrogens with one attached hydrogen (secondary N) is 1. The van der Waals surface area contributed by atoms with Gasteiger partial charge in [0.05, 0.1) is 11.2 Å². The highest BCUT2D eigenvalue weighted by molar-refractivity contribution is 8.14. The maximum absolute atomic E-state index is 13.5. The summed E-state index contributed by atoms with van der Waals surface area (Å²) in [6.45, 7) is 4.30. The van der Waals surface area contributed by atoms with E-state index in [4.69, 9.17) is 4.99 Å². The highest BCUT2D eigenvalue weighted by Crippen LogP contribution is 2.33. The Bertz CT molecular complexity index is 427. The fourth-order valence-corrected chi connectivity index (χ4v) is 3.16. The molecule has 2 nitrogen and oxygen atoms in total. The number of anilines is 1. The first-order valence-electron chi connectivity index (χ1n) is 5.93. The van der Waals surface area contributed by atoms with Gasteiger partial charge in [0.1, 0.15) is 5.82 Å². The summed E-state index contributed by atoms with van der Waals surface area (Å²) in [5, 5.41) is 3.90. The first kappa shape index (κ1) is 12.4. The summed E-state index contributed by atoms with van der Waals surface area (Å²) in [6.07, 6.45) is 2.05. The third kappa shape index (κ3) is 2.63. The fourth-order valence-electron chi connectivity index (χ4n) is 1.84. The van der Waals surface area contributed by atoms with Crippen LogP contribution in [0.5, 0.6) is 0 Å². The molecule has 92 valence electrons. The van der Waals surface area contributed by atoms with Gasteiger partial charge in [-0.3, -0.25) is 4.99 Å². The van der Waals surface area contributed by atoms with Gasteiger partial charge in [0.25, 0.3) is 0 Å². The third-order valence-electron chi connectivity index (χ3n) is 3.25. The molecule has 1 aromatic carbocycles. The Morgan fingerprint density at radius 3 is 2.65 bits per heavy atom. The van der Waals surface area contributed by atoms with E-state index in [0.29, 0.717) is 5.69 Å². The van der Waals surface area contributed by atoms with Crippen molar-refractivity contribution < 1.29 is 4.39 Å². The Morgan fingerprint density at radius 1 is 1.35 bits per heavy atom. The smallest absolute Gasteiger partial charge is 0.161 e. The lowest BCUT2D eigenvalue weighted by Gasteiger charge is -2.20. The second kappa shape index (κ2) is 5.08. The van der Waals surface area contributed by atoms with Gasteiger partial charge in [-0.15, -0.1) is 0 Å². The van der Waals surface area contributed by atoms with Gasteiger partial charge in [-0.2, -0.15) is 0 Å². The zero-order chi connectivity index (χ0) is 12.3. The Balaban J connectivity index is 2.14. The molecule has 0 saturated heterocycles. The van der Waals surface area contributed by atoms with E-state index in [1.807, 2.05) is 6.07 Å². The number of hydrogen-bond acceptors (Lipinski definition) is 3. The molecular formula is C13H17FN2S. The molecule has 1 aromatic rings. The molecule has 2 rings (SSSR count). The normalized spacial score (nSPS) is 17.9. The van der Waals surface area contributed by atoms with E-state index >= 15 is 0 Å². The van der Waals surface area contributed by atoms with Crippen molar-refractivity contribution in [2.45, 2.75) is 32.2 Å². The Labute approximate surface area is 106 Å². The number of nitrogens with zero attached hydrogens (tertiary/aromatic N) is 1. The molecule has 0 amide bonds. The largest absolute Gasteiger partial charge is 0.333 e. The standard InChI is InChI=1S/C13H17FN2S/c1-3-13(4-2)9-17-12(16-13)15-11-8-6-5-7-10(11)14/h5-8H,3-4,9H2,1-2H3,(H,15,16). The maximum atomic E-state index is 13.5. The molecule has 0 atom stereocenters. The second-order valence-corrected chi connectivity index (χ2v) is 5.21. The molecule has 0 saturated carbocycles. The molecule has 4 heteroatoms. The quantitative estimate of drug-likeness (QED) is 0.882. The van der Waals surface area contributed by atoms with Crippen molar-refractivity contribution in [3.05, 3.63) is 30.1 Å². The lowest BCUT2D eigenvalue weighted by Crippen LogP contribution is -2.24. The van der Waals surface area contributed by atoms with Crippen LogP contribution in [0.15, 0.2) is 29.3 Å². The highest BCUT2D eigenvalue weighted by Gasteiger charge is 2.32. The molecule has 0 bridgehead atoms. The second-order valence-electron chi connectivity index (χ2n) is 4.24. The molecule has 0 radical (unpaired) electrons. The van der Waals surface area contributed by atoms with Crippen molar-refractivity contribution in [1.29, 1.82) is 0 Å². The van der Waals surface area contributed by atoms with Gasteiger partial charge < -0.3 is 5.32 Å². The Morgan fingerprint density at radius 2 is 2.06 bits per heavy atom. The lowest BCUT2D eigenvalue weighted by atomic mass is 9.97. The lowest BCUT2D eigenvalue weighted by molar-refractivity contribution is 0.456. The van der Waals surface area contributed by atoms with Crippen LogP contribution >= 0.6 is 11.8 Å². The number of benzene rings is 1. The summed E-state index contributed by atoms with van der Waals surface area (Å²) in [4.78, 5) is 4.69. The van der Waals surface area contributed by atoms with E-state index in [1.54, 1.807) is 23.9 Å². The van der Waals surface area contributed by atoms with Crippen LogP contribution in [0.4, 0.5) is 10.1 Å². The number of halogens is 1. The predicted molar refractivity (Wildman–Crippen MR) is 73.2 cm³/mol. The van der Waals surface area contributed by atoms with Crippen LogP contribution in [0.3, 0.4) is 0 Å². The van der Waals surface area contributed by atoms with E-state index in [9.17, 15) is 4.39 Å². The molecule has 1 aliphatic rings. The van der Waals surface area contributed by atoms with Gasteiger partial charge in [-0.1, -0.05) is 37.7 Å². The minimum Gasteiger partial charge on any atom is -0.333 e. The van der Waals surface area contributed by atoms with Crippen molar-refractivity contribution in [1.82, 2.24) is 0 Å². The number of thioether (sulfide) groups is 1. The molecule has 17 heavy (non-hydrogen) atoms. The van der Waals surface area contributed by atoms with Gasteiger partial charge in [0.15, 0.2) is 5.17 Å². The van der Waals surface area contributed by atoms with E-state index in [0.717, 1.165) is 23.8 Å². The van der Waals surface area contributed by atoms with Crippen molar-refractivity contribution in [2.75, 3.05) is 11.1 Å². The summed E-state index contributed by atoms with van der Waals surface area (Å²) < 4.78 is 13.5. The minimum atomic E-state index is -0.235. The minimum absolute atomic E-state index is 0.0399. The first-order chi connectivity index (χ1) is 8.19. The third-order valence-corrected chi connectivity index (χ3v) is 4.40. The zero-order valence-electron chi connectivity index (χ0n) is 10.2. The average Bonchev–Trinajstić information content (AvgIpc) is 2.76. The van der Waals surface area contributed by atoms with Crippen LogP contribution in [0.25, 0.3) is 0 Å². The van der Waals surface area contributed by atoms with Crippen LogP contribution in [-0.2, 0) is 0 Å². The van der Waals surface area contributed by atoms with Crippen LogP contribution < -0.4 is 5.32 Å². The van der Waals surface area contributed by atoms with Gasteiger partial charge in [-0.25, -0.2) is 4.39 Å². The summed E-state index contributed by atoms with van der Waals surface area (Å²) in [5.74, 6) is 0.748. The predicted octanol–water partition coefficient (Wildman–Crippen LogP) is 3.90.